The van der Waals surface area contributed by atoms with E-state index in [1.54, 1.807) is 0 Å². The Morgan fingerprint density at radius 2 is 2.04 bits per heavy atom. The minimum absolute atomic E-state index is 0.113. The summed E-state index contributed by atoms with van der Waals surface area (Å²) in [4.78, 5) is 19.3. The van der Waals surface area contributed by atoms with E-state index in [1.165, 1.54) is 11.1 Å². The van der Waals surface area contributed by atoms with Crippen LogP contribution in [0, 0.1) is 6.92 Å². The van der Waals surface area contributed by atoms with Crippen molar-refractivity contribution in [3.8, 4) is 0 Å². The van der Waals surface area contributed by atoms with Gasteiger partial charge in [-0.2, -0.15) is 0 Å². The lowest BCUT2D eigenvalue weighted by Gasteiger charge is -2.44. The number of nitrogens with zero attached hydrogens (tertiary/aromatic N) is 2. The van der Waals surface area contributed by atoms with E-state index >= 15 is 0 Å². The van der Waals surface area contributed by atoms with Gasteiger partial charge in [-0.05, 0) is 55.4 Å². The maximum atomic E-state index is 12.8. The van der Waals surface area contributed by atoms with Gasteiger partial charge in [0.15, 0.2) is 0 Å². The monoisotopic (exact) mass is 348 g/mol. The number of fused-ring (bicyclic) bond motifs is 2. The molecule has 1 amide bonds. The Labute approximate surface area is 154 Å². The second kappa shape index (κ2) is 7.32. The molecule has 1 fully saturated rings. The van der Waals surface area contributed by atoms with Crippen LogP contribution in [0.3, 0.4) is 0 Å². The van der Waals surface area contributed by atoms with Crippen LogP contribution in [0.2, 0.25) is 0 Å². The number of amides is 1. The third-order valence-electron chi connectivity index (χ3n) is 5.37. The zero-order valence-electron chi connectivity index (χ0n) is 15.1. The standard InChI is InChI=1S/C22H24N2O2/c1-16-7-6-12-23-21(16)18-13-19-10-5-11-20(14-18)24(19)22(25)26-15-17-8-3-2-4-9-17/h2-4,6-9,12-13,19-20H,5,10-11,14-15H2,1H3. The molecule has 134 valence electrons. The first-order chi connectivity index (χ1) is 12.7. The van der Waals surface area contributed by atoms with Crippen LogP contribution in [0.1, 0.15) is 42.5 Å². The molecule has 4 heteroatoms. The quantitative estimate of drug-likeness (QED) is 0.805. The van der Waals surface area contributed by atoms with Crippen molar-refractivity contribution in [2.75, 3.05) is 0 Å². The van der Waals surface area contributed by atoms with Crippen LogP contribution in [0.25, 0.3) is 5.57 Å². The number of aryl methyl sites for hydroxylation is 1. The summed E-state index contributed by atoms with van der Waals surface area (Å²) in [6, 6.07) is 14.2. The van der Waals surface area contributed by atoms with Gasteiger partial charge < -0.3 is 4.74 Å². The van der Waals surface area contributed by atoms with Crippen molar-refractivity contribution in [2.24, 2.45) is 0 Å². The Morgan fingerprint density at radius 3 is 2.81 bits per heavy atom. The Balaban J connectivity index is 1.51. The molecule has 3 heterocycles. The number of rotatable bonds is 3. The maximum absolute atomic E-state index is 12.8. The van der Waals surface area contributed by atoms with Crippen LogP contribution in [0.15, 0.2) is 54.7 Å². The predicted molar refractivity (Wildman–Crippen MR) is 101 cm³/mol. The van der Waals surface area contributed by atoms with Crippen molar-refractivity contribution in [3.05, 3.63) is 71.6 Å². The molecule has 0 radical (unpaired) electrons. The van der Waals surface area contributed by atoms with Crippen molar-refractivity contribution in [1.29, 1.82) is 0 Å². The number of pyridine rings is 1. The summed E-state index contributed by atoms with van der Waals surface area (Å²) in [6.07, 6.45) is 7.91. The summed E-state index contributed by atoms with van der Waals surface area (Å²) in [7, 11) is 0. The highest BCUT2D eigenvalue weighted by Gasteiger charge is 2.38. The molecule has 0 N–H and O–H groups in total. The molecule has 4 nitrogen and oxygen atoms in total. The van der Waals surface area contributed by atoms with Crippen molar-refractivity contribution in [2.45, 2.75) is 51.3 Å². The van der Waals surface area contributed by atoms with E-state index in [-0.39, 0.29) is 18.2 Å². The fourth-order valence-electron chi connectivity index (χ4n) is 4.11. The second-order valence-electron chi connectivity index (χ2n) is 7.16. The number of ether oxygens (including phenoxy) is 1. The van der Waals surface area contributed by atoms with E-state index < -0.39 is 0 Å². The van der Waals surface area contributed by atoms with Crippen LogP contribution >= 0.6 is 0 Å². The summed E-state index contributed by atoms with van der Waals surface area (Å²) in [6.45, 7) is 2.42. The lowest BCUT2D eigenvalue weighted by molar-refractivity contribution is 0.0510. The average Bonchev–Trinajstić information content (AvgIpc) is 2.66. The molecule has 2 unspecified atom stereocenters. The molecule has 1 aromatic carbocycles. The number of hydrogen-bond acceptors (Lipinski definition) is 3. The van der Waals surface area contributed by atoms with Gasteiger partial charge in [0.2, 0.25) is 0 Å². The van der Waals surface area contributed by atoms with E-state index in [0.717, 1.165) is 36.9 Å². The van der Waals surface area contributed by atoms with Crippen molar-refractivity contribution < 1.29 is 9.53 Å². The first kappa shape index (κ1) is 16.8. The van der Waals surface area contributed by atoms with Crippen molar-refractivity contribution in [3.63, 3.8) is 0 Å². The largest absolute Gasteiger partial charge is 0.445 e. The minimum Gasteiger partial charge on any atom is -0.445 e. The zero-order valence-corrected chi connectivity index (χ0v) is 15.1. The van der Waals surface area contributed by atoms with Crippen LogP contribution in [0.4, 0.5) is 4.79 Å². The Kier molecular flexibility index (Phi) is 4.74. The molecular weight excluding hydrogens is 324 g/mol. The van der Waals surface area contributed by atoms with E-state index in [9.17, 15) is 4.79 Å². The second-order valence-corrected chi connectivity index (χ2v) is 7.16. The fraction of sp³-hybridized carbons (Fsp3) is 0.364. The van der Waals surface area contributed by atoms with E-state index in [4.69, 9.17) is 4.74 Å². The number of piperidine rings is 1. The number of carbonyl (C=O) groups excluding carboxylic acids is 1. The molecule has 2 aliphatic heterocycles. The van der Waals surface area contributed by atoms with Gasteiger partial charge in [-0.25, -0.2) is 4.79 Å². The van der Waals surface area contributed by atoms with E-state index in [2.05, 4.69) is 24.1 Å². The fourth-order valence-corrected chi connectivity index (χ4v) is 4.11. The zero-order chi connectivity index (χ0) is 17.9. The van der Waals surface area contributed by atoms with Crippen LogP contribution in [-0.2, 0) is 11.3 Å². The summed E-state index contributed by atoms with van der Waals surface area (Å²) in [5.41, 5.74) is 4.55. The lowest BCUT2D eigenvalue weighted by atomic mass is 9.83. The van der Waals surface area contributed by atoms with Gasteiger partial charge in [0, 0.05) is 12.2 Å². The van der Waals surface area contributed by atoms with Gasteiger partial charge in [-0.1, -0.05) is 42.5 Å². The van der Waals surface area contributed by atoms with E-state index in [0.29, 0.717) is 6.61 Å². The maximum Gasteiger partial charge on any atom is 0.410 e. The summed E-state index contributed by atoms with van der Waals surface area (Å²) < 4.78 is 5.61. The molecule has 1 aromatic heterocycles. The number of benzene rings is 1. The SMILES string of the molecule is Cc1cccnc1C1=CC2CCCC(C1)N2C(=O)OCc1ccccc1. The van der Waals surface area contributed by atoms with Crippen LogP contribution in [-0.4, -0.2) is 28.1 Å². The molecule has 1 saturated heterocycles. The average molecular weight is 348 g/mol. The topological polar surface area (TPSA) is 42.4 Å². The molecule has 0 spiro atoms. The molecule has 0 aliphatic carbocycles. The van der Waals surface area contributed by atoms with Gasteiger partial charge in [0.05, 0.1) is 11.7 Å². The number of hydrogen-bond donors (Lipinski definition) is 0. The molecule has 2 atom stereocenters. The van der Waals surface area contributed by atoms with Crippen molar-refractivity contribution in [1.82, 2.24) is 9.88 Å². The Morgan fingerprint density at radius 1 is 1.19 bits per heavy atom. The molecular formula is C22H24N2O2. The number of carbonyl (C=O) groups is 1. The predicted octanol–water partition coefficient (Wildman–Crippen LogP) is 4.74. The molecule has 0 saturated carbocycles. The smallest absolute Gasteiger partial charge is 0.410 e. The van der Waals surface area contributed by atoms with Crippen molar-refractivity contribution >= 4 is 11.7 Å². The third-order valence-corrected chi connectivity index (χ3v) is 5.37. The summed E-state index contributed by atoms with van der Waals surface area (Å²) in [5.74, 6) is 0. The van der Waals surface area contributed by atoms with Gasteiger partial charge in [0.1, 0.15) is 6.61 Å². The minimum atomic E-state index is -0.198. The van der Waals surface area contributed by atoms with Gasteiger partial charge >= 0.3 is 6.09 Å². The Hall–Kier alpha value is -2.62. The first-order valence-corrected chi connectivity index (χ1v) is 9.34. The summed E-state index contributed by atoms with van der Waals surface area (Å²) in [5, 5.41) is 0. The lowest BCUT2D eigenvalue weighted by Crippen LogP contribution is -2.51. The van der Waals surface area contributed by atoms with Gasteiger partial charge in [0.25, 0.3) is 0 Å². The highest BCUT2D eigenvalue weighted by Crippen LogP contribution is 2.37. The highest BCUT2D eigenvalue weighted by atomic mass is 16.6. The summed E-state index contributed by atoms with van der Waals surface area (Å²) >= 11 is 0. The molecule has 2 bridgehead atoms. The molecule has 2 aliphatic rings. The Bertz CT molecular complexity index is 816. The third kappa shape index (κ3) is 3.36. The van der Waals surface area contributed by atoms with Gasteiger partial charge in [-0.15, -0.1) is 0 Å². The number of aromatic nitrogens is 1. The van der Waals surface area contributed by atoms with Gasteiger partial charge in [-0.3, -0.25) is 9.88 Å². The van der Waals surface area contributed by atoms with E-state index in [1.807, 2.05) is 47.5 Å². The first-order valence-electron chi connectivity index (χ1n) is 9.34. The normalized spacial score (nSPS) is 21.9. The highest BCUT2D eigenvalue weighted by molar-refractivity contribution is 5.74. The van der Waals surface area contributed by atoms with Crippen LogP contribution < -0.4 is 0 Å². The molecule has 26 heavy (non-hydrogen) atoms. The van der Waals surface area contributed by atoms with Crippen LogP contribution in [0.5, 0.6) is 0 Å². The molecule has 2 aromatic rings. The molecule has 4 rings (SSSR count).